The Kier molecular flexibility index (Phi) is 5.43. The van der Waals surface area contributed by atoms with E-state index in [1.807, 2.05) is 24.3 Å². The molecule has 8 heteroatoms. The minimum absolute atomic E-state index is 0.0982. The molecule has 3 rings (SSSR count). The number of imide groups is 1. The molecule has 0 aliphatic carbocycles. The molecule has 0 bridgehead atoms. The van der Waals surface area contributed by atoms with Gasteiger partial charge >= 0.3 is 6.03 Å². The third kappa shape index (κ3) is 4.63. The Labute approximate surface area is 151 Å². The van der Waals surface area contributed by atoms with Gasteiger partial charge in [-0.1, -0.05) is 11.6 Å². The van der Waals surface area contributed by atoms with E-state index in [4.69, 9.17) is 11.6 Å². The molecule has 2 aliphatic heterocycles. The van der Waals surface area contributed by atoms with Gasteiger partial charge in [-0.05, 0) is 43.0 Å². The molecule has 0 aromatic heterocycles. The lowest BCUT2D eigenvalue weighted by atomic mass is 10.1. The molecule has 0 spiro atoms. The second-order valence-electron chi connectivity index (χ2n) is 6.44. The van der Waals surface area contributed by atoms with Crippen molar-refractivity contribution in [2.75, 3.05) is 24.5 Å². The van der Waals surface area contributed by atoms with Gasteiger partial charge in [0.2, 0.25) is 5.91 Å². The van der Waals surface area contributed by atoms with Gasteiger partial charge in [0, 0.05) is 36.8 Å². The van der Waals surface area contributed by atoms with Crippen molar-refractivity contribution in [2.24, 2.45) is 5.92 Å². The second kappa shape index (κ2) is 7.74. The number of hydrogen-bond acceptors (Lipinski definition) is 4. The summed E-state index contributed by atoms with van der Waals surface area (Å²) in [6.45, 7) is 2.46. The number of nitrogens with zero attached hydrogens (tertiary/aromatic N) is 1. The Morgan fingerprint density at radius 2 is 2.04 bits per heavy atom. The van der Waals surface area contributed by atoms with Crippen LogP contribution >= 0.6 is 11.6 Å². The van der Waals surface area contributed by atoms with Gasteiger partial charge in [0.15, 0.2) is 0 Å². The van der Waals surface area contributed by atoms with Crippen LogP contribution in [0, 0.1) is 5.92 Å². The second-order valence-corrected chi connectivity index (χ2v) is 6.87. The molecule has 2 unspecified atom stereocenters. The zero-order valence-electron chi connectivity index (χ0n) is 13.8. The highest BCUT2D eigenvalue weighted by atomic mass is 35.5. The largest absolute Gasteiger partial charge is 0.371 e. The van der Waals surface area contributed by atoms with Crippen LogP contribution in [0.1, 0.15) is 19.3 Å². The van der Waals surface area contributed by atoms with E-state index >= 15 is 0 Å². The number of amides is 4. The van der Waals surface area contributed by atoms with Gasteiger partial charge in [-0.2, -0.15) is 0 Å². The Balaban J connectivity index is 1.37. The van der Waals surface area contributed by atoms with Crippen LogP contribution in [-0.4, -0.2) is 43.5 Å². The summed E-state index contributed by atoms with van der Waals surface area (Å²) >= 11 is 5.91. The van der Waals surface area contributed by atoms with Gasteiger partial charge in [-0.25, -0.2) is 4.79 Å². The van der Waals surface area contributed by atoms with Gasteiger partial charge in [-0.15, -0.1) is 0 Å². The zero-order valence-corrected chi connectivity index (χ0v) is 14.5. The smallest absolute Gasteiger partial charge is 0.322 e. The first kappa shape index (κ1) is 17.5. The maximum atomic E-state index is 11.9. The zero-order chi connectivity index (χ0) is 17.8. The fourth-order valence-corrected chi connectivity index (χ4v) is 3.30. The molecule has 0 saturated carbocycles. The van der Waals surface area contributed by atoms with Gasteiger partial charge in [-0.3, -0.25) is 14.9 Å². The molecule has 25 heavy (non-hydrogen) atoms. The summed E-state index contributed by atoms with van der Waals surface area (Å²) in [6, 6.07) is 6.66. The van der Waals surface area contributed by atoms with Crippen molar-refractivity contribution in [3.8, 4) is 0 Å². The fourth-order valence-electron chi connectivity index (χ4n) is 3.17. The highest BCUT2D eigenvalue weighted by Gasteiger charge is 2.29. The van der Waals surface area contributed by atoms with Crippen LogP contribution in [0.2, 0.25) is 5.02 Å². The number of benzene rings is 1. The van der Waals surface area contributed by atoms with Gasteiger partial charge in [0.05, 0.1) is 0 Å². The molecule has 2 atom stereocenters. The predicted molar refractivity (Wildman–Crippen MR) is 94.5 cm³/mol. The fraction of sp³-hybridized carbons (Fsp3) is 0.471. The highest BCUT2D eigenvalue weighted by Crippen LogP contribution is 2.24. The van der Waals surface area contributed by atoms with E-state index in [1.54, 1.807) is 0 Å². The number of hydrogen-bond donors (Lipinski definition) is 3. The van der Waals surface area contributed by atoms with E-state index in [0.717, 1.165) is 30.2 Å². The predicted octanol–water partition coefficient (Wildman–Crippen LogP) is 1.27. The summed E-state index contributed by atoms with van der Waals surface area (Å²) in [7, 11) is 0. The Morgan fingerprint density at radius 3 is 2.72 bits per heavy atom. The topological polar surface area (TPSA) is 90.5 Å². The van der Waals surface area contributed by atoms with Gasteiger partial charge in [0.25, 0.3) is 5.91 Å². The van der Waals surface area contributed by atoms with Crippen LogP contribution in [0.4, 0.5) is 10.5 Å². The molecular weight excluding hydrogens is 344 g/mol. The molecule has 3 N–H and O–H groups in total. The van der Waals surface area contributed by atoms with Crippen LogP contribution in [0.5, 0.6) is 0 Å². The van der Waals surface area contributed by atoms with Crippen LogP contribution in [0.25, 0.3) is 0 Å². The molecule has 7 nitrogen and oxygen atoms in total. The summed E-state index contributed by atoms with van der Waals surface area (Å²) in [4.78, 5) is 36.7. The number of carbonyl (C=O) groups is 3. The summed E-state index contributed by atoms with van der Waals surface area (Å²) in [5, 5.41) is 8.29. The van der Waals surface area contributed by atoms with Crippen molar-refractivity contribution in [2.45, 2.75) is 25.3 Å². The van der Waals surface area contributed by atoms with Crippen molar-refractivity contribution in [1.82, 2.24) is 16.0 Å². The lowest BCUT2D eigenvalue weighted by molar-refractivity contribution is -0.122. The SMILES string of the molecule is O=C(CCC1NC(=O)NC1=O)NCC1CCN(c2ccc(Cl)cc2)C1. The average Bonchev–Trinajstić information content (AvgIpc) is 3.18. The Morgan fingerprint density at radius 1 is 1.28 bits per heavy atom. The van der Waals surface area contributed by atoms with E-state index in [-0.39, 0.29) is 18.2 Å². The van der Waals surface area contributed by atoms with Crippen LogP contribution in [-0.2, 0) is 9.59 Å². The standard InChI is InChI=1S/C17H21ClN4O3/c18-12-1-3-13(4-2-12)22-8-7-11(10-22)9-19-15(23)6-5-14-16(24)21-17(25)20-14/h1-4,11,14H,5-10H2,(H,19,23)(H2,20,21,24,25). The van der Waals surface area contributed by atoms with Crippen LogP contribution in [0.3, 0.4) is 0 Å². The minimum atomic E-state index is -0.606. The number of rotatable bonds is 6. The van der Waals surface area contributed by atoms with E-state index in [1.165, 1.54) is 0 Å². The van der Waals surface area contributed by atoms with E-state index in [2.05, 4.69) is 20.9 Å². The van der Waals surface area contributed by atoms with Crippen molar-refractivity contribution in [3.63, 3.8) is 0 Å². The monoisotopic (exact) mass is 364 g/mol. The van der Waals surface area contributed by atoms with Gasteiger partial charge < -0.3 is 15.5 Å². The lowest BCUT2D eigenvalue weighted by Crippen LogP contribution is -2.34. The molecule has 1 aromatic rings. The van der Waals surface area contributed by atoms with Crippen LogP contribution in [0.15, 0.2) is 24.3 Å². The van der Waals surface area contributed by atoms with E-state index in [0.29, 0.717) is 18.9 Å². The first-order valence-electron chi connectivity index (χ1n) is 8.40. The molecule has 4 amide bonds. The number of halogens is 1. The van der Waals surface area contributed by atoms with Gasteiger partial charge in [0.1, 0.15) is 6.04 Å². The maximum Gasteiger partial charge on any atom is 0.322 e. The van der Waals surface area contributed by atoms with Crippen molar-refractivity contribution in [3.05, 3.63) is 29.3 Å². The first-order valence-corrected chi connectivity index (χ1v) is 8.77. The normalized spacial score (nSPS) is 22.7. The summed E-state index contributed by atoms with van der Waals surface area (Å²) < 4.78 is 0. The summed E-state index contributed by atoms with van der Waals surface area (Å²) in [5.41, 5.74) is 1.14. The average molecular weight is 365 g/mol. The van der Waals surface area contributed by atoms with Crippen molar-refractivity contribution >= 4 is 35.1 Å². The summed E-state index contributed by atoms with van der Waals surface area (Å²) in [5.74, 6) is -0.0693. The van der Waals surface area contributed by atoms with E-state index < -0.39 is 12.1 Å². The summed E-state index contributed by atoms with van der Waals surface area (Å²) in [6.07, 6.45) is 1.54. The molecule has 2 aliphatic rings. The lowest BCUT2D eigenvalue weighted by Gasteiger charge is -2.19. The molecule has 134 valence electrons. The minimum Gasteiger partial charge on any atom is -0.371 e. The Hall–Kier alpha value is -2.28. The van der Waals surface area contributed by atoms with E-state index in [9.17, 15) is 14.4 Å². The highest BCUT2D eigenvalue weighted by molar-refractivity contribution is 6.30. The van der Waals surface area contributed by atoms with Crippen LogP contribution < -0.4 is 20.9 Å². The number of anilines is 1. The third-order valence-electron chi connectivity index (χ3n) is 4.58. The Bertz CT molecular complexity index is 664. The molecule has 2 fully saturated rings. The molecular formula is C17H21ClN4O3. The van der Waals surface area contributed by atoms with Crippen molar-refractivity contribution < 1.29 is 14.4 Å². The quantitative estimate of drug-likeness (QED) is 0.663. The molecule has 1 aromatic carbocycles. The number of urea groups is 1. The number of carbonyl (C=O) groups excluding carboxylic acids is 3. The van der Waals surface area contributed by atoms with Crippen molar-refractivity contribution in [1.29, 1.82) is 0 Å². The first-order chi connectivity index (χ1) is 12.0. The third-order valence-corrected chi connectivity index (χ3v) is 4.84. The molecule has 2 saturated heterocycles. The number of nitrogens with one attached hydrogen (secondary N) is 3. The molecule has 2 heterocycles. The molecule has 0 radical (unpaired) electrons. The maximum absolute atomic E-state index is 11.9.